The average molecular weight is 294 g/mol. The molecule has 21 heavy (non-hydrogen) atoms. The molecule has 0 aliphatic rings. The summed E-state index contributed by atoms with van der Waals surface area (Å²) in [6.07, 6.45) is 0. The third-order valence-corrected chi connectivity index (χ3v) is 2.97. The molecular formula is C15H22N2O4. The van der Waals surface area contributed by atoms with Crippen LogP contribution in [-0.2, 0) is 0 Å². The summed E-state index contributed by atoms with van der Waals surface area (Å²) in [6, 6.07) is 4.47. The van der Waals surface area contributed by atoms with Gasteiger partial charge >= 0.3 is 12.0 Å². The first kappa shape index (κ1) is 17.0. The summed E-state index contributed by atoms with van der Waals surface area (Å²) in [5.74, 6) is -1.09. The molecular weight excluding hydrogens is 272 g/mol. The van der Waals surface area contributed by atoms with Gasteiger partial charge in [-0.3, -0.25) is 0 Å². The zero-order valence-corrected chi connectivity index (χ0v) is 12.8. The number of hydrogen-bond donors (Lipinski definition) is 3. The number of anilines is 1. The van der Waals surface area contributed by atoms with E-state index in [0.29, 0.717) is 12.1 Å². The minimum atomic E-state index is -1.09. The monoisotopic (exact) mass is 294 g/mol. The van der Waals surface area contributed by atoms with Crippen molar-refractivity contribution >= 4 is 17.7 Å². The maximum atomic E-state index is 12.2. The Morgan fingerprint density at radius 3 is 2.43 bits per heavy atom. The molecule has 116 valence electrons. The first-order valence-electron chi connectivity index (χ1n) is 6.77. The Morgan fingerprint density at radius 1 is 1.33 bits per heavy atom. The second-order valence-electron chi connectivity index (χ2n) is 5.56. The van der Waals surface area contributed by atoms with E-state index in [2.05, 4.69) is 5.32 Å². The molecule has 6 nitrogen and oxygen atoms in total. The number of nitrogens with one attached hydrogen (secondary N) is 1. The highest BCUT2D eigenvalue weighted by molar-refractivity contribution is 6.01. The van der Waals surface area contributed by atoms with Gasteiger partial charge in [0.2, 0.25) is 0 Å². The Balaban J connectivity index is 2.97. The fourth-order valence-corrected chi connectivity index (χ4v) is 2.04. The van der Waals surface area contributed by atoms with Crippen LogP contribution in [0.15, 0.2) is 18.2 Å². The maximum Gasteiger partial charge on any atom is 0.338 e. The minimum Gasteiger partial charge on any atom is -0.478 e. The fraction of sp³-hybridized carbons (Fsp3) is 0.467. The van der Waals surface area contributed by atoms with Crippen LogP contribution in [0.1, 0.15) is 36.7 Å². The Bertz CT molecular complexity index is 535. The Kier molecular flexibility index (Phi) is 5.32. The van der Waals surface area contributed by atoms with Crippen LogP contribution in [0.4, 0.5) is 10.5 Å². The van der Waals surface area contributed by atoms with Crippen molar-refractivity contribution in [1.29, 1.82) is 0 Å². The predicted molar refractivity (Wildman–Crippen MR) is 80.7 cm³/mol. The molecule has 0 saturated heterocycles. The number of carbonyl (C=O) groups excluding carboxylic acids is 1. The molecule has 0 fully saturated rings. The van der Waals surface area contributed by atoms with Gasteiger partial charge in [0.05, 0.1) is 23.4 Å². The topological polar surface area (TPSA) is 89.9 Å². The van der Waals surface area contributed by atoms with Crippen molar-refractivity contribution in [3.63, 3.8) is 0 Å². The van der Waals surface area contributed by atoms with E-state index in [1.54, 1.807) is 45.9 Å². The first-order chi connectivity index (χ1) is 9.65. The van der Waals surface area contributed by atoms with Gasteiger partial charge in [0.15, 0.2) is 0 Å². The molecule has 0 unspecified atom stereocenters. The molecule has 0 radical (unpaired) electrons. The smallest absolute Gasteiger partial charge is 0.338 e. The van der Waals surface area contributed by atoms with Crippen LogP contribution in [0.5, 0.6) is 0 Å². The second-order valence-corrected chi connectivity index (χ2v) is 5.56. The molecule has 1 aromatic carbocycles. The highest BCUT2D eigenvalue weighted by atomic mass is 16.4. The lowest BCUT2D eigenvalue weighted by Gasteiger charge is -2.28. The molecule has 1 rings (SSSR count). The van der Waals surface area contributed by atoms with E-state index in [4.69, 9.17) is 0 Å². The van der Waals surface area contributed by atoms with Gasteiger partial charge < -0.3 is 20.4 Å². The molecule has 2 amide bonds. The van der Waals surface area contributed by atoms with Crippen molar-refractivity contribution in [3.05, 3.63) is 29.3 Å². The average Bonchev–Trinajstić information content (AvgIpc) is 2.34. The van der Waals surface area contributed by atoms with Gasteiger partial charge in [-0.15, -0.1) is 0 Å². The zero-order chi connectivity index (χ0) is 16.2. The van der Waals surface area contributed by atoms with E-state index in [-0.39, 0.29) is 17.8 Å². The van der Waals surface area contributed by atoms with Crippen LogP contribution in [0.2, 0.25) is 0 Å². The molecule has 6 heteroatoms. The molecule has 0 aromatic heterocycles. The number of benzene rings is 1. The van der Waals surface area contributed by atoms with Crippen molar-refractivity contribution in [2.75, 3.05) is 18.4 Å². The van der Waals surface area contributed by atoms with Crippen molar-refractivity contribution in [3.8, 4) is 0 Å². The lowest BCUT2D eigenvalue weighted by atomic mass is 10.1. The van der Waals surface area contributed by atoms with E-state index in [1.165, 1.54) is 4.90 Å². The minimum absolute atomic E-state index is 0.0742. The number of likely N-dealkylation sites (N-methyl/N-ethyl adjacent to an activating group) is 1. The van der Waals surface area contributed by atoms with Crippen molar-refractivity contribution < 1.29 is 19.8 Å². The van der Waals surface area contributed by atoms with Crippen molar-refractivity contribution in [1.82, 2.24) is 4.90 Å². The number of urea groups is 1. The molecule has 0 saturated carbocycles. The van der Waals surface area contributed by atoms with Crippen LogP contribution < -0.4 is 5.32 Å². The number of hydrogen-bond acceptors (Lipinski definition) is 3. The largest absolute Gasteiger partial charge is 0.478 e. The van der Waals surface area contributed by atoms with Gasteiger partial charge in [0, 0.05) is 6.54 Å². The summed E-state index contributed by atoms with van der Waals surface area (Å²) in [5.41, 5.74) is -0.118. The highest BCUT2D eigenvalue weighted by Crippen LogP contribution is 2.20. The SMILES string of the molecule is CCN(CC(C)(C)O)C(=O)Nc1cccc(C)c1C(=O)O. The van der Waals surface area contributed by atoms with E-state index >= 15 is 0 Å². The molecule has 1 aromatic rings. The van der Waals surface area contributed by atoms with E-state index in [9.17, 15) is 19.8 Å². The first-order valence-corrected chi connectivity index (χ1v) is 6.77. The standard InChI is InChI=1S/C15H22N2O4/c1-5-17(9-15(3,4)21)14(20)16-11-8-6-7-10(2)12(11)13(18)19/h6-8,21H,5,9H2,1-4H3,(H,16,20)(H,18,19). The fourth-order valence-electron chi connectivity index (χ4n) is 2.04. The molecule has 0 aliphatic heterocycles. The zero-order valence-electron chi connectivity index (χ0n) is 12.8. The van der Waals surface area contributed by atoms with E-state index in [0.717, 1.165) is 0 Å². The molecule has 0 atom stereocenters. The van der Waals surface area contributed by atoms with Gasteiger partial charge in [-0.05, 0) is 39.3 Å². The van der Waals surface area contributed by atoms with E-state index in [1.807, 2.05) is 0 Å². The summed E-state index contributed by atoms with van der Waals surface area (Å²) < 4.78 is 0. The quantitative estimate of drug-likeness (QED) is 0.777. The summed E-state index contributed by atoms with van der Waals surface area (Å²) in [5, 5.41) is 21.6. The third kappa shape index (κ3) is 4.75. The van der Waals surface area contributed by atoms with Gasteiger partial charge in [-0.1, -0.05) is 12.1 Å². The number of carboxylic acids is 1. The molecule has 0 aliphatic carbocycles. The van der Waals surface area contributed by atoms with Crippen LogP contribution in [0.25, 0.3) is 0 Å². The molecule has 0 spiro atoms. The van der Waals surface area contributed by atoms with E-state index < -0.39 is 17.6 Å². The predicted octanol–water partition coefficient (Wildman–Crippen LogP) is 2.32. The lowest BCUT2D eigenvalue weighted by Crippen LogP contribution is -2.44. The Morgan fingerprint density at radius 2 is 1.95 bits per heavy atom. The van der Waals surface area contributed by atoms with Crippen LogP contribution in [-0.4, -0.2) is 45.8 Å². The Labute approximate surface area is 124 Å². The summed E-state index contributed by atoms with van der Waals surface area (Å²) in [4.78, 5) is 24.9. The summed E-state index contributed by atoms with van der Waals surface area (Å²) >= 11 is 0. The van der Waals surface area contributed by atoms with Gasteiger partial charge in [0.1, 0.15) is 0 Å². The summed E-state index contributed by atoms with van der Waals surface area (Å²) in [6.45, 7) is 7.25. The summed E-state index contributed by atoms with van der Waals surface area (Å²) in [7, 11) is 0. The lowest BCUT2D eigenvalue weighted by molar-refractivity contribution is 0.0500. The number of aromatic carboxylic acids is 1. The molecule has 3 N–H and O–H groups in total. The maximum absolute atomic E-state index is 12.2. The van der Waals surface area contributed by atoms with Crippen LogP contribution >= 0.6 is 0 Å². The number of carbonyl (C=O) groups is 2. The number of nitrogens with zero attached hydrogens (tertiary/aromatic N) is 1. The molecule has 0 bridgehead atoms. The third-order valence-electron chi connectivity index (χ3n) is 2.97. The van der Waals surface area contributed by atoms with Gasteiger partial charge in [-0.25, -0.2) is 9.59 Å². The number of amides is 2. The Hall–Kier alpha value is -2.08. The van der Waals surface area contributed by atoms with Crippen LogP contribution in [0.3, 0.4) is 0 Å². The number of rotatable bonds is 5. The number of aryl methyl sites for hydroxylation is 1. The highest BCUT2D eigenvalue weighted by Gasteiger charge is 2.23. The van der Waals surface area contributed by atoms with Crippen LogP contribution in [0, 0.1) is 6.92 Å². The number of aliphatic hydroxyl groups is 1. The second kappa shape index (κ2) is 6.58. The van der Waals surface area contributed by atoms with Crippen molar-refractivity contribution in [2.24, 2.45) is 0 Å². The normalized spacial score (nSPS) is 11.1. The molecule has 0 heterocycles. The van der Waals surface area contributed by atoms with Gasteiger partial charge in [0.25, 0.3) is 0 Å². The van der Waals surface area contributed by atoms with Crippen molar-refractivity contribution in [2.45, 2.75) is 33.3 Å². The van der Waals surface area contributed by atoms with Gasteiger partial charge in [-0.2, -0.15) is 0 Å². The number of carboxylic acid groups (broad SMARTS) is 1.